The number of nitrogens with zero attached hydrogens (tertiary/aromatic N) is 4. The Morgan fingerprint density at radius 1 is 1.21 bits per heavy atom. The largest absolute Gasteiger partial charge is 0.417 e. The van der Waals surface area contributed by atoms with Crippen LogP contribution in [0.25, 0.3) is 0 Å². The Hall–Kier alpha value is -2.56. The van der Waals surface area contributed by atoms with Crippen LogP contribution in [0.15, 0.2) is 36.5 Å². The van der Waals surface area contributed by atoms with Gasteiger partial charge in [0.2, 0.25) is 0 Å². The second kappa shape index (κ2) is 9.59. The first kappa shape index (κ1) is 26.1. The topological polar surface area (TPSA) is 68.1 Å². The molecule has 1 aliphatic heterocycles. The predicted molar refractivity (Wildman–Crippen MR) is 127 cm³/mol. The summed E-state index contributed by atoms with van der Waals surface area (Å²) in [6.45, 7) is 3.71. The number of benzene rings is 1. The quantitative estimate of drug-likeness (QED) is 0.322. The number of aryl methyl sites for hydroxylation is 1. The highest BCUT2D eigenvalue weighted by molar-refractivity contribution is 7.59. The van der Waals surface area contributed by atoms with E-state index in [1.165, 1.54) is 27.9 Å². The lowest BCUT2D eigenvalue weighted by molar-refractivity contribution is -0.137. The number of fused-ring (bicyclic) bond motifs is 1. The van der Waals surface area contributed by atoms with Gasteiger partial charge in [0.05, 0.1) is 22.8 Å². The van der Waals surface area contributed by atoms with Crippen molar-refractivity contribution in [3.8, 4) is 0 Å². The Morgan fingerprint density at radius 2 is 1.91 bits per heavy atom. The van der Waals surface area contributed by atoms with Crippen LogP contribution in [0.3, 0.4) is 0 Å². The van der Waals surface area contributed by atoms with Gasteiger partial charge in [-0.3, -0.25) is 14.3 Å². The van der Waals surface area contributed by atoms with Crippen LogP contribution in [-0.4, -0.2) is 33.0 Å². The Balaban J connectivity index is 0.00000324. The first-order valence-electron chi connectivity index (χ1n) is 9.88. The van der Waals surface area contributed by atoms with Gasteiger partial charge >= 0.3 is 6.18 Å². The van der Waals surface area contributed by atoms with Gasteiger partial charge < -0.3 is 4.90 Å². The molecule has 0 saturated heterocycles. The second-order valence-corrected chi connectivity index (χ2v) is 8.60. The van der Waals surface area contributed by atoms with E-state index in [-0.39, 0.29) is 54.8 Å². The van der Waals surface area contributed by atoms with Crippen LogP contribution in [0, 0.1) is 6.92 Å². The maximum atomic E-state index is 13.3. The van der Waals surface area contributed by atoms with Crippen LogP contribution in [0.2, 0.25) is 10.2 Å². The zero-order chi connectivity index (χ0) is 24.1. The van der Waals surface area contributed by atoms with E-state index in [1.54, 1.807) is 13.0 Å². The van der Waals surface area contributed by atoms with Crippen molar-refractivity contribution in [2.75, 3.05) is 11.4 Å². The van der Waals surface area contributed by atoms with Crippen molar-refractivity contribution >= 4 is 54.1 Å². The predicted octanol–water partition coefficient (Wildman–Crippen LogP) is 5.67. The van der Waals surface area contributed by atoms with Gasteiger partial charge in [-0.2, -0.15) is 31.8 Å². The highest BCUT2D eigenvalue weighted by Crippen LogP contribution is 2.38. The third-order valence-electron chi connectivity index (χ3n) is 5.35. The number of anilines is 1. The number of Topliss-reactive ketones (excluding diaryl/α,β-unsaturated/α-hetero) is 1. The summed E-state index contributed by atoms with van der Waals surface area (Å²) in [5.74, 6) is -0.749. The fourth-order valence-corrected chi connectivity index (χ4v) is 4.37. The van der Waals surface area contributed by atoms with Gasteiger partial charge in [-0.1, -0.05) is 23.2 Å². The normalized spacial score (nSPS) is 15.7. The number of alkyl halides is 3. The van der Waals surface area contributed by atoms with E-state index in [0.717, 1.165) is 12.1 Å². The summed E-state index contributed by atoms with van der Waals surface area (Å²) in [4.78, 5) is 31.5. The Morgan fingerprint density at radius 3 is 2.53 bits per heavy atom. The molecule has 1 amide bonds. The molecule has 3 aromatic rings. The molecule has 34 heavy (non-hydrogen) atoms. The Bertz CT molecular complexity index is 1260. The van der Waals surface area contributed by atoms with Gasteiger partial charge in [-0.25, -0.2) is 4.98 Å². The summed E-state index contributed by atoms with van der Waals surface area (Å²) in [6, 6.07) is 5.95. The third-order valence-corrected chi connectivity index (χ3v) is 5.85. The van der Waals surface area contributed by atoms with Gasteiger partial charge in [0, 0.05) is 35.5 Å². The molecule has 1 atom stereocenters. The fourth-order valence-electron chi connectivity index (χ4n) is 3.84. The molecule has 6 nitrogen and oxygen atoms in total. The van der Waals surface area contributed by atoms with Gasteiger partial charge in [0.15, 0.2) is 5.78 Å². The molecule has 4 rings (SSSR count). The lowest BCUT2D eigenvalue weighted by atomic mass is 10.0. The van der Waals surface area contributed by atoms with Crippen molar-refractivity contribution in [3.05, 3.63) is 74.8 Å². The number of halogens is 5. The van der Waals surface area contributed by atoms with Crippen LogP contribution in [0.1, 0.15) is 50.6 Å². The maximum Gasteiger partial charge on any atom is 0.417 e. The molecule has 0 bridgehead atoms. The number of hydrogen-bond donors (Lipinski definition) is 0. The zero-order valence-corrected chi connectivity index (χ0v) is 20.5. The van der Waals surface area contributed by atoms with Gasteiger partial charge in [-0.05, 0) is 44.2 Å². The minimum absolute atomic E-state index is 0. The molecule has 180 valence electrons. The van der Waals surface area contributed by atoms with E-state index >= 15 is 0 Å². The molecule has 0 N–H and O–H groups in total. The summed E-state index contributed by atoms with van der Waals surface area (Å²) >= 11 is 11.8. The van der Waals surface area contributed by atoms with E-state index in [2.05, 4.69) is 10.1 Å². The van der Waals surface area contributed by atoms with Crippen molar-refractivity contribution in [2.45, 2.75) is 32.5 Å². The van der Waals surface area contributed by atoms with Crippen LogP contribution in [0.5, 0.6) is 0 Å². The molecule has 1 aliphatic rings. The first-order chi connectivity index (χ1) is 15.5. The summed E-state index contributed by atoms with van der Waals surface area (Å²) in [6.07, 6.45) is -3.25. The SMILES string of the molecule is Cc1cc(C(=O)Cc2cnn3c2C(=O)N(c2ccc(C(F)(F)F)c(Cl)c2)C[C@@H]3C)cc(Cl)n1.S. The highest BCUT2D eigenvalue weighted by atomic mass is 35.5. The molecular formula is C22H19Cl2F3N4O2S. The second-order valence-electron chi connectivity index (χ2n) is 7.81. The van der Waals surface area contributed by atoms with E-state index < -0.39 is 22.7 Å². The Labute approximate surface area is 210 Å². The van der Waals surface area contributed by atoms with Crippen LogP contribution >= 0.6 is 36.7 Å². The van der Waals surface area contributed by atoms with Crippen molar-refractivity contribution in [1.82, 2.24) is 14.8 Å². The molecule has 3 heterocycles. The first-order valence-corrected chi connectivity index (χ1v) is 10.6. The van der Waals surface area contributed by atoms with Gasteiger partial charge in [0.25, 0.3) is 5.91 Å². The Kier molecular flexibility index (Phi) is 7.35. The number of rotatable bonds is 4. The van der Waals surface area contributed by atoms with Crippen molar-refractivity contribution < 1.29 is 22.8 Å². The lowest BCUT2D eigenvalue weighted by Gasteiger charge is -2.32. The molecule has 0 radical (unpaired) electrons. The van der Waals surface area contributed by atoms with E-state index in [4.69, 9.17) is 23.2 Å². The van der Waals surface area contributed by atoms with Crippen LogP contribution in [-0.2, 0) is 12.6 Å². The van der Waals surface area contributed by atoms with E-state index in [9.17, 15) is 22.8 Å². The van der Waals surface area contributed by atoms with E-state index in [0.29, 0.717) is 16.8 Å². The average molecular weight is 531 g/mol. The molecule has 2 aromatic heterocycles. The minimum atomic E-state index is -4.60. The smallest absolute Gasteiger partial charge is 0.305 e. The molecule has 0 spiro atoms. The summed E-state index contributed by atoms with van der Waals surface area (Å²) in [7, 11) is 0. The van der Waals surface area contributed by atoms with Gasteiger partial charge in [-0.15, -0.1) is 0 Å². The molecular weight excluding hydrogens is 512 g/mol. The lowest BCUT2D eigenvalue weighted by Crippen LogP contribution is -2.43. The number of carbonyl (C=O) groups is 2. The number of pyridine rings is 1. The number of amides is 1. The molecule has 12 heteroatoms. The summed E-state index contributed by atoms with van der Waals surface area (Å²) in [5.41, 5.74) is 0.799. The molecule has 0 unspecified atom stereocenters. The van der Waals surface area contributed by atoms with Crippen molar-refractivity contribution in [2.24, 2.45) is 0 Å². The summed E-state index contributed by atoms with van der Waals surface area (Å²) < 4.78 is 40.7. The third kappa shape index (κ3) is 4.94. The van der Waals surface area contributed by atoms with E-state index in [1.807, 2.05) is 6.92 Å². The summed E-state index contributed by atoms with van der Waals surface area (Å²) in [5, 5.41) is 3.95. The fraction of sp³-hybridized carbons (Fsp3) is 0.273. The van der Waals surface area contributed by atoms with Gasteiger partial charge in [0.1, 0.15) is 10.8 Å². The molecule has 0 aliphatic carbocycles. The minimum Gasteiger partial charge on any atom is -0.305 e. The number of carbonyl (C=O) groups excluding carboxylic acids is 2. The van der Waals surface area contributed by atoms with Crippen LogP contribution < -0.4 is 4.90 Å². The average Bonchev–Trinajstić information content (AvgIpc) is 3.13. The highest BCUT2D eigenvalue weighted by Gasteiger charge is 2.36. The number of aromatic nitrogens is 3. The van der Waals surface area contributed by atoms with Crippen molar-refractivity contribution in [3.63, 3.8) is 0 Å². The maximum absolute atomic E-state index is 13.3. The number of ketones is 1. The number of hydrogen-bond acceptors (Lipinski definition) is 4. The molecule has 0 saturated carbocycles. The monoisotopic (exact) mass is 530 g/mol. The standard InChI is InChI=1S/C22H17Cl2F3N4O2.H2S/c1-11-5-13(7-19(24)29-11)18(32)6-14-9-28-31-12(2)10-30(21(33)20(14)31)15-3-4-16(17(23)8-15)22(25,26)27;/h3-5,7-9,12H,6,10H2,1-2H3;1H2/t12-;/m0./s1. The molecule has 1 aromatic carbocycles. The van der Waals surface area contributed by atoms with Crippen LogP contribution in [0.4, 0.5) is 18.9 Å². The zero-order valence-electron chi connectivity index (χ0n) is 18.0. The van der Waals surface area contributed by atoms with Crippen molar-refractivity contribution in [1.29, 1.82) is 0 Å². The molecule has 0 fully saturated rings.